The topological polar surface area (TPSA) is 82.2 Å². The number of carbonyl (C=O) groups is 1. The first-order valence-corrected chi connectivity index (χ1v) is 8.58. The van der Waals surface area contributed by atoms with Crippen LogP contribution in [0.3, 0.4) is 0 Å². The molecule has 0 bridgehead atoms. The van der Waals surface area contributed by atoms with Gasteiger partial charge >= 0.3 is 0 Å². The second kappa shape index (κ2) is 7.45. The summed E-state index contributed by atoms with van der Waals surface area (Å²) in [7, 11) is 0. The number of imidazole rings is 1. The van der Waals surface area contributed by atoms with E-state index >= 15 is 0 Å². The molecular weight excluding hydrogens is 292 g/mol. The second-order valence-electron chi connectivity index (χ2n) is 7.22. The number of morpholine rings is 1. The number of nitrogens with two attached hydrogens (primary N) is 1. The van der Waals surface area contributed by atoms with E-state index < -0.39 is 5.91 Å². The maximum absolute atomic E-state index is 12.2. The van der Waals surface area contributed by atoms with Gasteiger partial charge in [0.25, 0.3) is 5.91 Å². The zero-order valence-electron chi connectivity index (χ0n) is 14.8. The van der Waals surface area contributed by atoms with E-state index in [1.54, 1.807) is 0 Å². The molecule has 1 aromatic heterocycles. The molecule has 6 nitrogen and oxygen atoms in total. The number of carbonyl (C=O) groups excluding carboxylic acids is 1. The molecule has 6 heteroatoms. The summed E-state index contributed by atoms with van der Waals surface area (Å²) in [5, 5.41) is 3.38. The standard InChI is InChI=1S/C17H30N4O2/c1-5-6-7-9-21-14(15(18)22)13(12-11-23-10-8-19-12)20-16(21)17(2,3)4/h12,19H,5-11H2,1-4H3,(H2,18,22). The van der Waals surface area contributed by atoms with Crippen molar-refractivity contribution in [3.63, 3.8) is 0 Å². The molecule has 1 fully saturated rings. The molecule has 1 atom stereocenters. The third kappa shape index (κ3) is 4.12. The van der Waals surface area contributed by atoms with E-state index in [1.807, 2.05) is 4.57 Å². The summed E-state index contributed by atoms with van der Waals surface area (Å²) in [4.78, 5) is 17.0. The zero-order chi connectivity index (χ0) is 17.0. The van der Waals surface area contributed by atoms with Crippen molar-refractivity contribution in [1.82, 2.24) is 14.9 Å². The number of hydrogen-bond acceptors (Lipinski definition) is 4. The molecule has 1 aromatic rings. The molecule has 1 amide bonds. The minimum atomic E-state index is -0.410. The summed E-state index contributed by atoms with van der Waals surface area (Å²) in [6, 6.07) is -0.0697. The summed E-state index contributed by atoms with van der Waals surface area (Å²) in [5.74, 6) is 0.511. The minimum absolute atomic E-state index is 0.0697. The van der Waals surface area contributed by atoms with Gasteiger partial charge in [-0.05, 0) is 6.42 Å². The van der Waals surface area contributed by atoms with Crippen LogP contribution in [0.5, 0.6) is 0 Å². The maximum Gasteiger partial charge on any atom is 0.267 e. The lowest BCUT2D eigenvalue weighted by atomic mass is 9.95. The summed E-state index contributed by atoms with van der Waals surface area (Å²) in [6.45, 7) is 11.3. The van der Waals surface area contributed by atoms with Crippen LogP contribution in [-0.2, 0) is 16.7 Å². The van der Waals surface area contributed by atoms with Crippen LogP contribution in [0, 0.1) is 0 Å². The van der Waals surface area contributed by atoms with Gasteiger partial charge in [0.2, 0.25) is 0 Å². The van der Waals surface area contributed by atoms with Crippen molar-refractivity contribution in [2.24, 2.45) is 5.73 Å². The monoisotopic (exact) mass is 322 g/mol. The number of primary amides is 1. The fraction of sp³-hybridized carbons (Fsp3) is 0.765. The van der Waals surface area contributed by atoms with Gasteiger partial charge in [0, 0.05) is 18.5 Å². The van der Waals surface area contributed by atoms with Crippen molar-refractivity contribution in [2.75, 3.05) is 19.8 Å². The van der Waals surface area contributed by atoms with E-state index in [9.17, 15) is 4.79 Å². The van der Waals surface area contributed by atoms with Crippen LogP contribution in [0.15, 0.2) is 0 Å². The summed E-state index contributed by atoms with van der Waals surface area (Å²) < 4.78 is 7.57. The molecule has 0 aromatic carbocycles. The highest BCUT2D eigenvalue weighted by Gasteiger charge is 2.32. The van der Waals surface area contributed by atoms with Crippen LogP contribution in [0.2, 0.25) is 0 Å². The predicted molar refractivity (Wildman–Crippen MR) is 90.5 cm³/mol. The van der Waals surface area contributed by atoms with Gasteiger partial charge in [-0.2, -0.15) is 0 Å². The molecule has 3 N–H and O–H groups in total. The lowest BCUT2D eigenvalue weighted by Gasteiger charge is -2.23. The number of hydrogen-bond donors (Lipinski definition) is 2. The molecule has 0 aliphatic carbocycles. The molecule has 1 aliphatic heterocycles. The number of ether oxygens (including phenoxy) is 1. The summed E-state index contributed by atoms with van der Waals surface area (Å²) in [5.41, 5.74) is 6.84. The Labute approximate surface area is 138 Å². The van der Waals surface area contributed by atoms with Gasteiger partial charge in [-0.3, -0.25) is 4.79 Å². The van der Waals surface area contributed by atoms with E-state index in [2.05, 4.69) is 33.0 Å². The number of rotatable bonds is 6. The first-order valence-electron chi connectivity index (χ1n) is 8.58. The Bertz CT molecular complexity index is 540. The Hall–Kier alpha value is -1.40. The molecule has 2 rings (SSSR count). The van der Waals surface area contributed by atoms with E-state index in [0.29, 0.717) is 18.9 Å². The SMILES string of the molecule is CCCCCn1c(C(C)(C)C)nc(C2COCCN2)c1C(N)=O. The lowest BCUT2D eigenvalue weighted by molar-refractivity contribution is 0.0749. The number of aromatic nitrogens is 2. The Morgan fingerprint density at radius 1 is 1.43 bits per heavy atom. The Morgan fingerprint density at radius 2 is 2.17 bits per heavy atom. The molecule has 0 saturated carbocycles. The van der Waals surface area contributed by atoms with E-state index in [0.717, 1.165) is 43.9 Å². The molecule has 1 aliphatic rings. The molecule has 130 valence electrons. The van der Waals surface area contributed by atoms with E-state index in [-0.39, 0.29) is 11.5 Å². The molecule has 0 radical (unpaired) electrons. The average molecular weight is 322 g/mol. The van der Waals surface area contributed by atoms with Gasteiger partial charge < -0.3 is 20.4 Å². The molecular formula is C17H30N4O2. The Balaban J connectivity index is 2.46. The first kappa shape index (κ1) is 17.9. The smallest absolute Gasteiger partial charge is 0.267 e. The van der Waals surface area contributed by atoms with Crippen LogP contribution in [-0.4, -0.2) is 35.2 Å². The van der Waals surface area contributed by atoms with E-state index in [4.69, 9.17) is 15.5 Å². The zero-order valence-corrected chi connectivity index (χ0v) is 14.8. The number of nitrogens with zero attached hydrogens (tertiary/aromatic N) is 2. The highest BCUT2D eigenvalue weighted by atomic mass is 16.5. The maximum atomic E-state index is 12.2. The van der Waals surface area contributed by atoms with Crippen molar-refractivity contribution >= 4 is 5.91 Å². The van der Waals surface area contributed by atoms with Crippen molar-refractivity contribution < 1.29 is 9.53 Å². The van der Waals surface area contributed by atoms with Gasteiger partial charge in [0.1, 0.15) is 11.5 Å². The van der Waals surface area contributed by atoms with Crippen LogP contribution < -0.4 is 11.1 Å². The number of unbranched alkanes of at least 4 members (excludes halogenated alkanes) is 2. The average Bonchev–Trinajstić information content (AvgIpc) is 2.88. The van der Waals surface area contributed by atoms with Crippen molar-refractivity contribution in [1.29, 1.82) is 0 Å². The third-order valence-corrected chi connectivity index (χ3v) is 4.14. The minimum Gasteiger partial charge on any atom is -0.378 e. The number of nitrogens with one attached hydrogen (secondary N) is 1. The van der Waals surface area contributed by atoms with Crippen LogP contribution in [0.25, 0.3) is 0 Å². The highest BCUT2D eigenvalue weighted by molar-refractivity contribution is 5.92. The largest absolute Gasteiger partial charge is 0.378 e. The number of amides is 1. The molecule has 1 unspecified atom stereocenters. The van der Waals surface area contributed by atoms with Crippen molar-refractivity contribution in [2.45, 2.75) is 65.0 Å². The predicted octanol–water partition coefficient (Wildman–Crippen LogP) is 2.13. The Morgan fingerprint density at radius 3 is 2.70 bits per heavy atom. The third-order valence-electron chi connectivity index (χ3n) is 4.14. The second-order valence-corrected chi connectivity index (χ2v) is 7.22. The normalized spacial score (nSPS) is 19.0. The molecule has 1 saturated heterocycles. The molecule has 0 spiro atoms. The molecule has 2 heterocycles. The van der Waals surface area contributed by atoms with Crippen LogP contribution in [0.4, 0.5) is 0 Å². The lowest BCUT2D eigenvalue weighted by Crippen LogP contribution is -2.36. The van der Waals surface area contributed by atoms with E-state index in [1.165, 1.54) is 0 Å². The highest BCUT2D eigenvalue weighted by Crippen LogP contribution is 2.29. The van der Waals surface area contributed by atoms with Crippen molar-refractivity contribution in [3.05, 3.63) is 17.2 Å². The quantitative estimate of drug-likeness (QED) is 0.786. The fourth-order valence-corrected chi connectivity index (χ4v) is 3.03. The van der Waals surface area contributed by atoms with Gasteiger partial charge in [-0.15, -0.1) is 0 Å². The summed E-state index contributed by atoms with van der Waals surface area (Å²) in [6.07, 6.45) is 3.28. The van der Waals surface area contributed by atoms with Crippen LogP contribution >= 0.6 is 0 Å². The van der Waals surface area contributed by atoms with Crippen LogP contribution in [0.1, 0.15) is 75.0 Å². The summed E-state index contributed by atoms with van der Waals surface area (Å²) >= 11 is 0. The fourth-order valence-electron chi connectivity index (χ4n) is 3.03. The van der Waals surface area contributed by atoms with Gasteiger partial charge in [-0.1, -0.05) is 40.5 Å². The van der Waals surface area contributed by atoms with Gasteiger partial charge in [-0.25, -0.2) is 4.98 Å². The molecule has 23 heavy (non-hydrogen) atoms. The first-order chi connectivity index (χ1) is 10.9. The Kier molecular flexibility index (Phi) is 5.81. The van der Waals surface area contributed by atoms with Gasteiger partial charge in [0.15, 0.2) is 0 Å². The van der Waals surface area contributed by atoms with Crippen molar-refractivity contribution in [3.8, 4) is 0 Å². The van der Waals surface area contributed by atoms with Gasteiger partial charge in [0.05, 0.1) is 24.9 Å².